The van der Waals surface area contributed by atoms with E-state index in [4.69, 9.17) is 5.11 Å². The Kier molecular flexibility index (Phi) is 4.07. The van der Waals surface area contributed by atoms with Gasteiger partial charge in [0, 0.05) is 22.8 Å². The fourth-order valence-corrected chi connectivity index (χ4v) is 1.49. The fourth-order valence-electron chi connectivity index (χ4n) is 1.25. The average Bonchev–Trinajstić information content (AvgIpc) is 2.07. The van der Waals surface area contributed by atoms with Crippen LogP contribution in [0.15, 0.2) is 22.8 Å². The summed E-state index contributed by atoms with van der Waals surface area (Å²) in [6, 6.07) is 3.82. The zero-order chi connectivity index (χ0) is 10.6. The minimum atomic E-state index is -0.755. The van der Waals surface area contributed by atoms with E-state index in [0.717, 1.165) is 10.2 Å². The topological polar surface area (TPSA) is 50.2 Å². The van der Waals surface area contributed by atoms with E-state index >= 15 is 0 Å². The second-order valence-electron chi connectivity index (χ2n) is 3.37. The van der Waals surface area contributed by atoms with Crippen molar-refractivity contribution in [2.24, 2.45) is 5.92 Å². The SMILES string of the molecule is CC(CC(=O)O)Cc1ccc(Br)cn1. The van der Waals surface area contributed by atoms with Crippen LogP contribution in [0.3, 0.4) is 0 Å². The number of carboxylic acids is 1. The molecule has 0 aliphatic carbocycles. The molecule has 0 saturated heterocycles. The number of pyridine rings is 1. The Bertz CT molecular complexity index is 310. The maximum atomic E-state index is 10.4. The highest BCUT2D eigenvalue weighted by Gasteiger charge is 2.08. The smallest absolute Gasteiger partial charge is 0.303 e. The number of aliphatic carboxylic acids is 1. The molecule has 76 valence electrons. The van der Waals surface area contributed by atoms with Crippen molar-refractivity contribution < 1.29 is 9.90 Å². The van der Waals surface area contributed by atoms with E-state index in [-0.39, 0.29) is 12.3 Å². The lowest BCUT2D eigenvalue weighted by atomic mass is 10.0. The summed E-state index contributed by atoms with van der Waals surface area (Å²) in [7, 11) is 0. The molecular formula is C10H12BrNO2. The monoisotopic (exact) mass is 257 g/mol. The second-order valence-corrected chi connectivity index (χ2v) is 4.29. The van der Waals surface area contributed by atoms with Crippen LogP contribution in [0, 0.1) is 5.92 Å². The van der Waals surface area contributed by atoms with Gasteiger partial charge in [0.1, 0.15) is 0 Å². The van der Waals surface area contributed by atoms with Crippen molar-refractivity contribution in [1.82, 2.24) is 4.98 Å². The molecule has 0 radical (unpaired) electrons. The third-order valence-corrected chi connectivity index (χ3v) is 2.34. The van der Waals surface area contributed by atoms with Crippen LogP contribution in [-0.2, 0) is 11.2 Å². The first-order valence-corrected chi connectivity index (χ1v) is 5.19. The van der Waals surface area contributed by atoms with Crippen molar-refractivity contribution in [3.8, 4) is 0 Å². The maximum absolute atomic E-state index is 10.4. The van der Waals surface area contributed by atoms with Gasteiger partial charge in [-0.15, -0.1) is 0 Å². The lowest BCUT2D eigenvalue weighted by molar-refractivity contribution is -0.137. The molecule has 0 aliphatic heterocycles. The van der Waals surface area contributed by atoms with Gasteiger partial charge in [-0.1, -0.05) is 6.92 Å². The van der Waals surface area contributed by atoms with Crippen LogP contribution in [0.1, 0.15) is 19.0 Å². The maximum Gasteiger partial charge on any atom is 0.303 e. The predicted octanol–water partition coefficient (Wildman–Crippen LogP) is 2.50. The van der Waals surface area contributed by atoms with E-state index in [1.54, 1.807) is 6.20 Å². The average molecular weight is 258 g/mol. The quantitative estimate of drug-likeness (QED) is 0.902. The van der Waals surface area contributed by atoms with Crippen LogP contribution in [0.5, 0.6) is 0 Å². The van der Waals surface area contributed by atoms with Gasteiger partial charge in [-0.3, -0.25) is 9.78 Å². The molecule has 0 aromatic carbocycles. The normalized spacial score (nSPS) is 12.4. The summed E-state index contributed by atoms with van der Waals surface area (Å²) >= 11 is 3.30. The molecule has 0 spiro atoms. The van der Waals surface area contributed by atoms with Crippen LogP contribution in [-0.4, -0.2) is 16.1 Å². The lowest BCUT2D eigenvalue weighted by Gasteiger charge is -2.07. The van der Waals surface area contributed by atoms with Crippen molar-refractivity contribution in [3.63, 3.8) is 0 Å². The summed E-state index contributed by atoms with van der Waals surface area (Å²) in [6.45, 7) is 1.91. The minimum absolute atomic E-state index is 0.126. The van der Waals surface area contributed by atoms with Gasteiger partial charge in [0.2, 0.25) is 0 Å². The Labute approximate surface area is 91.3 Å². The molecule has 4 heteroatoms. The molecule has 14 heavy (non-hydrogen) atoms. The Hall–Kier alpha value is -0.900. The van der Waals surface area contributed by atoms with E-state index in [2.05, 4.69) is 20.9 Å². The number of carbonyl (C=O) groups is 1. The highest BCUT2D eigenvalue weighted by atomic mass is 79.9. The van der Waals surface area contributed by atoms with Crippen molar-refractivity contribution >= 4 is 21.9 Å². The highest BCUT2D eigenvalue weighted by molar-refractivity contribution is 9.10. The van der Waals surface area contributed by atoms with E-state index in [1.807, 2.05) is 19.1 Å². The van der Waals surface area contributed by atoms with Gasteiger partial charge in [0.15, 0.2) is 0 Å². The van der Waals surface area contributed by atoms with Crippen molar-refractivity contribution in [1.29, 1.82) is 0 Å². The summed E-state index contributed by atoms with van der Waals surface area (Å²) in [5.41, 5.74) is 0.932. The molecule has 1 rings (SSSR count). The third-order valence-electron chi connectivity index (χ3n) is 1.87. The molecule has 1 unspecified atom stereocenters. The van der Waals surface area contributed by atoms with Crippen LogP contribution in [0.2, 0.25) is 0 Å². The van der Waals surface area contributed by atoms with Crippen molar-refractivity contribution in [3.05, 3.63) is 28.5 Å². The van der Waals surface area contributed by atoms with Crippen LogP contribution in [0.25, 0.3) is 0 Å². The molecule has 0 saturated carbocycles. The first-order chi connectivity index (χ1) is 6.58. The second kappa shape index (κ2) is 5.10. The predicted molar refractivity (Wildman–Crippen MR) is 57.1 cm³/mol. The van der Waals surface area contributed by atoms with Gasteiger partial charge < -0.3 is 5.11 Å². The molecule has 3 nitrogen and oxygen atoms in total. The first kappa shape index (κ1) is 11.2. The van der Waals surface area contributed by atoms with Gasteiger partial charge in [-0.25, -0.2) is 0 Å². The summed E-state index contributed by atoms with van der Waals surface area (Å²) in [6.07, 6.45) is 2.63. The molecule has 1 aromatic rings. The lowest BCUT2D eigenvalue weighted by Crippen LogP contribution is -2.07. The fraction of sp³-hybridized carbons (Fsp3) is 0.400. The number of carboxylic acid groups (broad SMARTS) is 1. The number of hydrogen-bond donors (Lipinski definition) is 1. The van der Waals surface area contributed by atoms with E-state index < -0.39 is 5.97 Å². The molecule has 1 aromatic heterocycles. The van der Waals surface area contributed by atoms with Gasteiger partial charge in [-0.05, 0) is 40.4 Å². The van der Waals surface area contributed by atoms with Crippen LogP contribution in [0.4, 0.5) is 0 Å². The van der Waals surface area contributed by atoms with E-state index in [0.29, 0.717) is 6.42 Å². The molecular weight excluding hydrogens is 246 g/mol. The number of nitrogens with zero attached hydrogens (tertiary/aromatic N) is 1. The molecule has 0 amide bonds. The zero-order valence-corrected chi connectivity index (χ0v) is 9.49. The number of rotatable bonds is 4. The summed E-state index contributed by atoms with van der Waals surface area (Å²) in [4.78, 5) is 14.6. The Balaban J connectivity index is 2.51. The van der Waals surface area contributed by atoms with E-state index in [1.165, 1.54) is 0 Å². The molecule has 0 aliphatic rings. The van der Waals surface area contributed by atoms with Gasteiger partial charge in [0.05, 0.1) is 0 Å². The Morgan fingerprint density at radius 2 is 2.36 bits per heavy atom. The minimum Gasteiger partial charge on any atom is -0.481 e. The van der Waals surface area contributed by atoms with Crippen LogP contribution >= 0.6 is 15.9 Å². The molecule has 1 N–H and O–H groups in total. The Morgan fingerprint density at radius 3 is 2.86 bits per heavy atom. The number of aromatic nitrogens is 1. The molecule has 1 heterocycles. The van der Waals surface area contributed by atoms with Crippen molar-refractivity contribution in [2.75, 3.05) is 0 Å². The number of hydrogen-bond acceptors (Lipinski definition) is 2. The largest absolute Gasteiger partial charge is 0.481 e. The van der Waals surface area contributed by atoms with Gasteiger partial charge >= 0.3 is 5.97 Å². The van der Waals surface area contributed by atoms with E-state index in [9.17, 15) is 4.79 Å². The van der Waals surface area contributed by atoms with Crippen LogP contribution < -0.4 is 0 Å². The van der Waals surface area contributed by atoms with Gasteiger partial charge in [0.25, 0.3) is 0 Å². The molecule has 0 bridgehead atoms. The summed E-state index contributed by atoms with van der Waals surface area (Å²) in [5, 5.41) is 8.58. The van der Waals surface area contributed by atoms with Gasteiger partial charge in [-0.2, -0.15) is 0 Å². The highest BCUT2D eigenvalue weighted by Crippen LogP contribution is 2.12. The third kappa shape index (κ3) is 3.87. The zero-order valence-electron chi connectivity index (χ0n) is 7.90. The standard InChI is InChI=1S/C10H12BrNO2/c1-7(5-10(13)14)4-9-3-2-8(11)6-12-9/h2-3,6-7H,4-5H2,1H3,(H,13,14). The summed E-state index contributed by atoms with van der Waals surface area (Å²) in [5.74, 6) is -0.629. The molecule has 0 fully saturated rings. The Morgan fingerprint density at radius 1 is 1.64 bits per heavy atom. The first-order valence-electron chi connectivity index (χ1n) is 4.40. The van der Waals surface area contributed by atoms with Crippen molar-refractivity contribution in [2.45, 2.75) is 19.8 Å². The molecule has 1 atom stereocenters. The summed E-state index contributed by atoms with van der Waals surface area (Å²) < 4.78 is 0.937. The number of halogens is 1.